The molecule has 2 aromatic rings. The molecule has 104 valence electrons. The number of nitrogens with zero attached hydrogens (tertiary/aromatic N) is 1. The van der Waals surface area contributed by atoms with E-state index in [0.29, 0.717) is 5.13 Å². The molecule has 1 N–H and O–H groups in total. The topological polar surface area (TPSA) is 51.2 Å². The number of aromatic nitrogens is 1. The lowest BCUT2D eigenvalue weighted by Crippen LogP contribution is -2.07. The number of benzene rings is 1. The van der Waals surface area contributed by atoms with Crippen LogP contribution in [0.25, 0.3) is 6.08 Å². The quantitative estimate of drug-likeness (QED) is 0.877. The van der Waals surface area contributed by atoms with Crippen LogP contribution >= 0.6 is 11.3 Å². The molecule has 0 saturated heterocycles. The van der Waals surface area contributed by atoms with E-state index in [2.05, 4.69) is 10.3 Å². The predicted octanol–water partition coefficient (Wildman–Crippen LogP) is 3.42. The van der Waals surface area contributed by atoms with E-state index in [1.54, 1.807) is 19.4 Å². The summed E-state index contributed by atoms with van der Waals surface area (Å²) in [6.45, 7) is 3.94. The fraction of sp³-hybridized carbons (Fsp3) is 0.200. The fourth-order valence-corrected chi connectivity index (χ4v) is 2.38. The van der Waals surface area contributed by atoms with Crippen molar-refractivity contribution in [2.45, 2.75) is 13.8 Å². The summed E-state index contributed by atoms with van der Waals surface area (Å²) in [4.78, 5) is 17.0. The number of carbonyl (C=O) groups is 1. The SMILES string of the molecule is COc1ccc(C)cc1/C=C/C(=O)Nc1ncc(C)s1. The van der Waals surface area contributed by atoms with Gasteiger partial charge in [-0.25, -0.2) is 4.98 Å². The Labute approximate surface area is 122 Å². The minimum Gasteiger partial charge on any atom is -0.496 e. The van der Waals surface area contributed by atoms with E-state index < -0.39 is 0 Å². The summed E-state index contributed by atoms with van der Waals surface area (Å²) >= 11 is 1.45. The van der Waals surface area contributed by atoms with E-state index in [-0.39, 0.29) is 5.91 Å². The smallest absolute Gasteiger partial charge is 0.250 e. The first-order valence-corrected chi connectivity index (χ1v) is 6.96. The molecule has 0 bridgehead atoms. The maximum Gasteiger partial charge on any atom is 0.250 e. The monoisotopic (exact) mass is 288 g/mol. The van der Waals surface area contributed by atoms with Crippen LogP contribution in [-0.4, -0.2) is 18.0 Å². The minimum absolute atomic E-state index is 0.206. The van der Waals surface area contributed by atoms with Gasteiger partial charge < -0.3 is 4.74 Å². The molecular weight excluding hydrogens is 272 g/mol. The largest absolute Gasteiger partial charge is 0.496 e. The molecule has 0 aliphatic heterocycles. The lowest BCUT2D eigenvalue weighted by Gasteiger charge is -2.05. The number of rotatable bonds is 4. The molecule has 0 aliphatic rings. The Bertz CT molecular complexity index is 647. The highest BCUT2D eigenvalue weighted by Crippen LogP contribution is 2.21. The summed E-state index contributed by atoms with van der Waals surface area (Å²) in [5.41, 5.74) is 1.99. The van der Waals surface area contributed by atoms with Crippen LogP contribution < -0.4 is 10.1 Å². The highest BCUT2D eigenvalue weighted by Gasteiger charge is 2.03. The molecule has 0 unspecified atom stereocenters. The number of hydrogen-bond donors (Lipinski definition) is 1. The van der Waals surface area contributed by atoms with Crippen LogP contribution in [0.3, 0.4) is 0 Å². The first kappa shape index (κ1) is 14.3. The Hall–Kier alpha value is -2.14. The van der Waals surface area contributed by atoms with Crippen LogP contribution in [0, 0.1) is 13.8 Å². The highest BCUT2D eigenvalue weighted by atomic mass is 32.1. The first-order chi connectivity index (χ1) is 9.58. The molecule has 1 amide bonds. The number of carbonyl (C=O) groups excluding carboxylic acids is 1. The van der Waals surface area contributed by atoms with Crippen LogP contribution in [0.1, 0.15) is 16.0 Å². The van der Waals surface area contributed by atoms with E-state index in [4.69, 9.17) is 4.74 Å². The molecule has 20 heavy (non-hydrogen) atoms. The Morgan fingerprint density at radius 1 is 1.40 bits per heavy atom. The molecule has 0 fully saturated rings. The number of aryl methyl sites for hydroxylation is 2. The van der Waals surface area contributed by atoms with Crippen molar-refractivity contribution in [3.63, 3.8) is 0 Å². The predicted molar refractivity (Wildman–Crippen MR) is 82.2 cm³/mol. The highest BCUT2D eigenvalue weighted by molar-refractivity contribution is 7.15. The lowest BCUT2D eigenvalue weighted by atomic mass is 10.1. The number of thiazole rings is 1. The Kier molecular flexibility index (Phi) is 4.53. The van der Waals surface area contributed by atoms with Gasteiger partial charge >= 0.3 is 0 Å². The number of methoxy groups -OCH3 is 1. The third kappa shape index (κ3) is 3.68. The zero-order valence-electron chi connectivity index (χ0n) is 11.6. The molecule has 2 rings (SSSR count). The van der Waals surface area contributed by atoms with Gasteiger partial charge in [0.25, 0.3) is 0 Å². The van der Waals surface area contributed by atoms with Crippen molar-refractivity contribution in [3.05, 3.63) is 46.5 Å². The molecule has 0 atom stereocenters. The normalized spacial score (nSPS) is 10.8. The zero-order chi connectivity index (χ0) is 14.5. The molecule has 1 aromatic carbocycles. The van der Waals surface area contributed by atoms with Gasteiger partial charge in [0.05, 0.1) is 7.11 Å². The number of nitrogens with one attached hydrogen (secondary N) is 1. The molecular formula is C15H16N2O2S. The van der Waals surface area contributed by atoms with Gasteiger partial charge in [0, 0.05) is 22.7 Å². The average Bonchev–Trinajstić information content (AvgIpc) is 2.82. The number of anilines is 1. The molecule has 0 radical (unpaired) electrons. The third-order valence-electron chi connectivity index (χ3n) is 2.65. The van der Waals surface area contributed by atoms with Crippen LogP contribution in [0.15, 0.2) is 30.5 Å². The zero-order valence-corrected chi connectivity index (χ0v) is 12.5. The van der Waals surface area contributed by atoms with Crippen molar-refractivity contribution in [1.82, 2.24) is 4.98 Å². The molecule has 0 aliphatic carbocycles. The van der Waals surface area contributed by atoms with E-state index in [1.165, 1.54) is 17.4 Å². The van der Waals surface area contributed by atoms with Gasteiger partial charge in [-0.2, -0.15) is 0 Å². The Balaban J connectivity index is 2.09. The van der Waals surface area contributed by atoms with Gasteiger partial charge in [0.2, 0.25) is 5.91 Å². The van der Waals surface area contributed by atoms with Gasteiger partial charge in [-0.3, -0.25) is 10.1 Å². The fourth-order valence-electron chi connectivity index (χ4n) is 1.71. The molecule has 0 saturated carbocycles. The standard InChI is InChI=1S/C15H16N2O2S/c1-10-4-6-13(19-3)12(8-10)5-7-14(18)17-15-16-9-11(2)20-15/h4-9H,1-3H3,(H,16,17,18)/b7-5+. The van der Waals surface area contributed by atoms with Crippen molar-refractivity contribution in [1.29, 1.82) is 0 Å². The van der Waals surface area contributed by atoms with E-state index >= 15 is 0 Å². The summed E-state index contributed by atoms with van der Waals surface area (Å²) in [5, 5.41) is 3.33. The average molecular weight is 288 g/mol. The van der Waals surface area contributed by atoms with Crippen molar-refractivity contribution < 1.29 is 9.53 Å². The summed E-state index contributed by atoms with van der Waals surface area (Å²) in [7, 11) is 1.61. The van der Waals surface area contributed by atoms with Gasteiger partial charge in [-0.1, -0.05) is 11.6 Å². The van der Waals surface area contributed by atoms with E-state index in [1.807, 2.05) is 32.0 Å². The van der Waals surface area contributed by atoms with Gasteiger partial charge in [0.15, 0.2) is 5.13 Å². The maximum atomic E-state index is 11.8. The van der Waals surface area contributed by atoms with Crippen LogP contribution in [0.4, 0.5) is 5.13 Å². The van der Waals surface area contributed by atoms with Crippen LogP contribution in [0.2, 0.25) is 0 Å². The molecule has 1 aromatic heterocycles. The van der Waals surface area contributed by atoms with Crippen molar-refractivity contribution >= 4 is 28.5 Å². The number of amides is 1. The summed E-state index contributed by atoms with van der Waals surface area (Å²) < 4.78 is 5.26. The summed E-state index contributed by atoms with van der Waals surface area (Å²) in [5.74, 6) is 0.535. The van der Waals surface area contributed by atoms with Gasteiger partial charge in [-0.15, -0.1) is 11.3 Å². The molecule has 0 spiro atoms. The number of ether oxygens (including phenoxy) is 1. The Morgan fingerprint density at radius 3 is 2.85 bits per heavy atom. The van der Waals surface area contributed by atoms with Crippen molar-refractivity contribution in [3.8, 4) is 5.75 Å². The Morgan fingerprint density at radius 2 is 2.20 bits per heavy atom. The van der Waals surface area contributed by atoms with Crippen molar-refractivity contribution in [2.75, 3.05) is 12.4 Å². The summed E-state index contributed by atoms with van der Waals surface area (Å²) in [6.07, 6.45) is 4.95. The number of hydrogen-bond acceptors (Lipinski definition) is 4. The first-order valence-electron chi connectivity index (χ1n) is 6.14. The third-order valence-corrected chi connectivity index (χ3v) is 3.48. The molecule has 5 heteroatoms. The second-order valence-corrected chi connectivity index (χ2v) is 5.58. The van der Waals surface area contributed by atoms with Crippen molar-refractivity contribution in [2.24, 2.45) is 0 Å². The second-order valence-electron chi connectivity index (χ2n) is 4.34. The minimum atomic E-state index is -0.206. The molecule has 4 nitrogen and oxygen atoms in total. The summed E-state index contributed by atoms with van der Waals surface area (Å²) in [6, 6.07) is 5.82. The van der Waals surface area contributed by atoms with E-state index in [9.17, 15) is 4.79 Å². The van der Waals surface area contributed by atoms with Crippen LogP contribution in [0.5, 0.6) is 5.75 Å². The van der Waals surface area contributed by atoms with Crippen LogP contribution in [-0.2, 0) is 4.79 Å². The maximum absolute atomic E-state index is 11.8. The van der Waals surface area contributed by atoms with Gasteiger partial charge in [-0.05, 0) is 32.1 Å². The van der Waals surface area contributed by atoms with E-state index in [0.717, 1.165) is 21.8 Å². The lowest BCUT2D eigenvalue weighted by molar-refractivity contribution is -0.111. The second kappa shape index (κ2) is 6.34. The van der Waals surface area contributed by atoms with Gasteiger partial charge in [0.1, 0.15) is 5.75 Å². The molecule has 1 heterocycles.